The molecule has 1 nitrogen and oxygen atoms in total. The van der Waals surface area contributed by atoms with E-state index in [0.717, 1.165) is 6.42 Å². The van der Waals surface area contributed by atoms with Crippen molar-refractivity contribution in [2.24, 2.45) is 5.73 Å². The Morgan fingerprint density at radius 3 is 2.86 bits per heavy atom. The van der Waals surface area contributed by atoms with Gasteiger partial charge >= 0.3 is 0 Å². The van der Waals surface area contributed by atoms with E-state index in [4.69, 9.17) is 5.73 Å². The monoisotopic (exact) mass is 205 g/mol. The first-order valence-electron chi connectivity index (χ1n) is 5.38. The van der Waals surface area contributed by atoms with Crippen molar-refractivity contribution in [1.29, 1.82) is 0 Å². The molecule has 1 aromatic rings. The van der Waals surface area contributed by atoms with Gasteiger partial charge in [0.05, 0.1) is 0 Å². The molecule has 1 atom stereocenters. The lowest BCUT2D eigenvalue weighted by Gasteiger charge is -2.22. The van der Waals surface area contributed by atoms with Crippen LogP contribution in [-0.2, 0) is 12.8 Å². The van der Waals surface area contributed by atoms with Crippen molar-refractivity contribution in [3.63, 3.8) is 0 Å². The Bertz CT molecular complexity index is 373. The fraction of sp³-hybridized carbons (Fsp3) is 0.500. The molecule has 0 spiro atoms. The van der Waals surface area contributed by atoms with Gasteiger partial charge in [-0.2, -0.15) is 0 Å². The topological polar surface area (TPSA) is 26.0 Å². The highest BCUT2D eigenvalue weighted by Gasteiger charge is 2.21. The maximum atomic E-state index is 6.13. The van der Waals surface area contributed by atoms with Crippen LogP contribution in [0.3, 0.4) is 0 Å². The van der Waals surface area contributed by atoms with Crippen molar-refractivity contribution in [3.05, 3.63) is 28.8 Å². The molecule has 3 rings (SSSR count). The minimum absolute atomic E-state index is 0.289. The molecule has 0 bridgehead atoms. The van der Waals surface area contributed by atoms with Gasteiger partial charge in [0.2, 0.25) is 0 Å². The smallest absolute Gasteiger partial charge is 0.0314 e. The predicted octanol–water partition coefficient (Wildman–Crippen LogP) is 2.67. The SMILES string of the molecule is NC1CCSc2cc3c(cc21)CCC3. The van der Waals surface area contributed by atoms with Crippen LogP contribution >= 0.6 is 11.8 Å². The van der Waals surface area contributed by atoms with Crippen LogP contribution in [-0.4, -0.2) is 5.75 Å². The van der Waals surface area contributed by atoms with E-state index in [2.05, 4.69) is 12.1 Å². The van der Waals surface area contributed by atoms with Crippen LogP contribution in [0.25, 0.3) is 0 Å². The lowest BCUT2D eigenvalue weighted by atomic mass is 9.99. The van der Waals surface area contributed by atoms with Crippen molar-refractivity contribution >= 4 is 11.8 Å². The molecule has 0 radical (unpaired) electrons. The summed E-state index contributed by atoms with van der Waals surface area (Å²) in [6.07, 6.45) is 5.01. The average molecular weight is 205 g/mol. The lowest BCUT2D eigenvalue weighted by molar-refractivity contribution is 0.679. The Morgan fingerprint density at radius 2 is 2.00 bits per heavy atom. The highest BCUT2D eigenvalue weighted by atomic mass is 32.2. The molecule has 2 N–H and O–H groups in total. The molecule has 1 unspecified atom stereocenters. The van der Waals surface area contributed by atoms with Crippen molar-refractivity contribution in [2.45, 2.75) is 36.6 Å². The van der Waals surface area contributed by atoms with Crippen LogP contribution in [0.5, 0.6) is 0 Å². The standard InChI is InChI=1S/C12H15NS/c13-11-4-5-14-12-7-9-3-1-2-8(9)6-10(11)12/h6-7,11H,1-5,13H2. The molecular formula is C12H15NS. The van der Waals surface area contributed by atoms with Crippen LogP contribution < -0.4 is 5.73 Å². The number of fused-ring (bicyclic) bond motifs is 2. The number of hydrogen-bond acceptors (Lipinski definition) is 2. The summed E-state index contributed by atoms with van der Waals surface area (Å²) < 4.78 is 0. The maximum Gasteiger partial charge on any atom is 0.0314 e. The second-order valence-corrected chi connectivity index (χ2v) is 5.39. The summed E-state index contributed by atoms with van der Waals surface area (Å²) in [5.41, 5.74) is 10.7. The molecule has 2 aliphatic rings. The molecule has 1 aliphatic heterocycles. The van der Waals surface area contributed by atoms with Crippen molar-refractivity contribution < 1.29 is 0 Å². The minimum Gasteiger partial charge on any atom is -0.324 e. The van der Waals surface area contributed by atoms with Gasteiger partial charge in [-0.1, -0.05) is 6.07 Å². The molecule has 0 saturated heterocycles. The van der Waals surface area contributed by atoms with Gasteiger partial charge in [-0.05, 0) is 54.2 Å². The molecule has 0 saturated carbocycles. The van der Waals surface area contributed by atoms with E-state index in [-0.39, 0.29) is 6.04 Å². The van der Waals surface area contributed by atoms with E-state index in [0.29, 0.717) is 0 Å². The molecule has 1 aromatic carbocycles. The summed E-state index contributed by atoms with van der Waals surface area (Å²) in [5, 5.41) is 0. The first-order valence-corrected chi connectivity index (χ1v) is 6.37. The predicted molar refractivity (Wildman–Crippen MR) is 60.7 cm³/mol. The van der Waals surface area contributed by atoms with Gasteiger partial charge in [0, 0.05) is 10.9 Å². The minimum atomic E-state index is 0.289. The van der Waals surface area contributed by atoms with Crippen molar-refractivity contribution in [2.75, 3.05) is 5.75 Å². The number of rotatable bonds is 0. The van der Waals surface area contributed by atoms with Crippen LogP contribution in [0.2, 0.25) is 0 Å². The summed E-state index contributed by atoms with van der Waals surface area (Å²) in [5.74, 6) is 1.19. The Labute approximate surface area is 89.1 Å². The third-order valence-corrected chi connectivity index (χ3v) is 4.41. The number of benzene rings is 1. The van der Waals surface area contributed by atoms with E-state index in [1.807, 2.05) is 11.8 Å². The third-order valence-electron chi connectivity index (χ3n) is 3.31. The summed E-state index contributed by atoms with van der Waals surface area (Å²) >= 11 is 1.98. The highest BCUT2D eigenvalue weighted by Crippen LogP contribution is 2.38. The molecule has 1 aliphatic carbocycles. The fourth-order valence-electron chi connectivity index (χ4n) is 2.49. The first kappa shape index (κ1) is 8.81. The largest absolute Gasteiger partial charge is 0.324 e. The maximum absolute atomic E-state index is 6.13. The summed E-state index contributed by atoms with van der Waals surface area (Å²) in [4.78, 5) is 1.45. The molecule has 1 heterocycles. The van der Waals surface area contributed by atoms with Gasteiger partial charge in [-0.25, -0.2) is 0 Å². The van der Waals surface area contributed by atoms with Gasteiger partial charge < -0.3 is 5.73 Å². The normalized spacial score (nSPS) is 24.5. The third kappa shape index (κ3) is 1.29. The number of aryl methyl sites for hydroxylation is 2. The van der Waals surface area contributed by atoms with Gasteiger partial charge in [-0.3, -0.25) is 0 Å². The average Bonchev–Trinajstić information content (AvgIpc) is 2.62. The van der Waals surface area contributed by atoms with Gasteiger partial charge in [0.1, 0.15) is 0 Å². The number of nitrogens with two attached hydrogens (primary N) is 1. The van der Waals surface area contributed by atoms with Gasteiger partial charge in [0.25, 0.3) is 0 Å². The summed E-state index contributed by atoms with van der Waals surface area (Å²) in [6, 6.07) is 5.05. The van der Waals surface area contributed by atoms with E-state index in [1.54, 1.807) is 11.1 Å². The zero-order valence-corrected chi connectivity index (χ0v) is 9.07. The second kappa shape index (κ2) is 3.28. The molecule has 0 fully saturated rings. The zero-order chi connectivity index (χ0) is 9.54. The van der Waals surface area contributed by atoms with Crippen LogP contribution in [0.15, 0.2) is 17.0 Å². The number of thioether (sulfide) groups is 1. The highest BCUT2D eigenvalue weighted by molar-refractivity contribution is 7.99. The summed E-state index contributed by atoms with van der Waals surface area (Å²) in [6.45, 7) is 0. The summed E-state index contributed by atoms with van der Waals surface area (Å²) in [7, 11) is 0. The Kier molecular flexibility index (Phi) is 2.06. The quantitative estimate of drug-likeness (QED) is 0.704. The van der Waals surface area contributed by atoms with Crippen molar-refractivity contribution in [1.82, 2.24) is 0 Å². The van der Waals surface area contributed by atoms with E-state index < -0.39 is 0 Å². The fourth-order valence-corrected chi connectivity index (χ4v) is 3.68. The second-order valence-electron chi connectivity index (χ2n) is 4.26. The first-order chi connectivity index (χ1) is 6.84. The Morgan fingerprint density at radius 1 is 1.21 bits per heavy atom. The molecule has 0 amide bonds. The Balaban J connectivity index is 2.12. The lowest BCUT2D eigenvalue weighted by Crippen LogP contribution is -2.16. The number of hydrogen-bond donors (Lipinski definition) is 1. The van der Waals surface area contributed by atoms with E-state index in [1.165, 1.54) is 35.5 Å². The van der Waals surface area contributed by atoms with Gasteiger partial charge in [-0.15, -0.1) is 11.8 Å². The van der Waals surface area contributed by atoms with Crippen molar-refractivity contribution in [3.8, 4) is 0 Å². The molecular weight excluding hydrogens is 190 g/mol. The van der Waals surface area contributed by atoms with Gasteiger partial charge in [0.15, 0.2) is 0 Å². The van der Waals surface area contributed by atoms with Crippen LogP contribution in [0.1, 0.15) is 35.6 Å². The molecule has 0 aromatic heterocycles. The zero-order valence-electron chi connectivity index (χ0n) is 8.25. The van der Waals surface area contributed by atoms with E-state index >= 15 is 0 Å². The van der Waals surface area contributed by atoms with Crippen LogP contribution in [0.4, 0.5) is 0 Å². The molecule has 74 valence electrons. The molecule has 2 heteroatoms. The van der Waals surface area contributed by atoms with E-state index in [9.17, 15) is 0 Å². The molecule has 14 heavy (non-hydrogen) atoms. The Hall–Kier alpha value is -0.470. The van der Waals surface area contributed by atoms with Crippen LogP contribution in [0, 0.1) is 0 Å².